The second-order valence-electron chi connectivity index (χ2n) is 4.04. The lowest BCUT2D eigenvalue weighted by Crippen LogP contribution is -2.06. The third-order valence-corrected chi connectivity index (χ3v) is 4.06. The number of halogens is 1. The summed E-state index contributed by atoms with van der Waals surface area (Å²) in [7, 11) is -1.18. The maximum atomic E-state index is 12.7. The molecule has 0 saturated carbocycles. The van der Waals surface area contributed by atoms with E-state index in [1.807, 2.05) is 18.2 Å². The summed E-state index contributed by atoms with van der Waals surface area (Å²) < 4.78 is 24.7. The first kappa shape index (κ1) is 13.6. The van der Waals surface area contributed by atoms with Crippen LogP contribution in [0.2, 0.25) is 0 Å². The van der Waals surface area contributed by atoms with Crippen molar-refractivity contribution in [1.29, 1.82) is 0 Å². The lowest BCUT2D eigenvalue weighted by molar-refractivity contribution is 0.0989. The Labute approximate surface area is 113 Å². The van der Waals surface area contributed by atoms with Crippen molar-refractivity contribution in [2.45, 2.75) is 11.3 Å². The lowest BCUT2D eigenvalue weighted by atomic mass is 10.1. The molecule has 0 N–H and O–H groups in total. The molecule has 98 valence electrons. The van der Waals surface area contributed by atoms with Crippen LogP contribution in [0.5, 0.6) is 0 Å². The number of hydrogen-bond donors (Lipinski definition) is 0. The Bertz CT molecular complexity index is 579. The van der Waals surface area contributed by atoms with Gasteiger partial charge in [-0.2, -0.15) is 0 Å². The second-order valence-corrected chi connectivity index (χ2v) is 5.61. The Morgan fingerprint density at radius 3 is 2.26 bits per heavy atom. The third kappa shape index (κ3) is 3.83. The molecule has 2 rings (SSSR count). The summed E-state index contributed by atoms with van der Waals surface area (Å²) in [6, 6.07) is 14.4. The maximum Gasteiger partial charge on any atom is 0.163 e. The van der Waals surface area contributed by atoms with E-state index in [-0.39, 0.29) is 23.8 Å². The Kier molecular flexibility index (Phi) is 4.58. The molecule has 0 amide bonds. The maximum absolute atomic E-state index is 12.7. The van der Waals surface area contributed by atoms with E-state index in [0.717, 1.165) is 4.90 Å². The second kappa shape index (κ2) is 6.38. The Morgan fingerprint density at radius 1 is 1.00 bits per heavy atom. The summed E-state index contributed by atoms with van der Waals surface area (Å²) in [5, 5.41) is 0. The van der Waals surface area contributed by atoms with E-state index in [2.05, 4.69) is 0 Å². The highest BCUT2D eigenvalue weighted by atomic mass is 32.2. The van der Waals surface area contributed by atoms with Crippen molar-refractivity contribution in [2.75, 3.05) is 5.75 Å². The highest BCUT2D eigenvalue weighted by Crippen LogP contribution is 2.10. The Balaban J connectivity index is 1.94. The summed E-state index contributed by atoms with van der Waals surface area (Å²) >= 11 is 0. The number of rotatable bonds is 5. The van der Waals surface area contributed by atoms with Gasteiger partial charge in [0.1, 0.15) is 5.82 Å². The largest absolute Gasteiger partial charge is 0.294 e. The highest BCUT2D eigenvalue weighted by Gasteiger charge is 2.09. The van der Waals surface area contributed by atoms with Gasteiger partial charge in [0.25, 0.3) is 0 Å². The summed E-state index contributed by atoms with van der Waals surface area (Å²) in [5.41, 5.74) is 0.450. The summed E-state index contributed by atoms with van der Waals surface area (Å²) in [4.78, 5) is 12.6. The number of carbonyl (C=O) groups excluding carboxylic acids is 1. The van der Waals surface area contributed by atoms with E-state index < -0.39 is 10.8 Å². The average molecular weight is 276 g/mol. The van der Waals surface area contributed by atoms with Crippen LogP contribution >= 0.6 is 0 Å². The number of benzene rings is 2. The molecule has 0 aromatic heterocycles. The van der Waals surface area contributed by atoms with Gasteiger partial charge in [-0.25, -0.2) is 4.39 Å². The van der Waals surface area contributed by atoms with Crippen LogP contribution in [0.1, 0.15) is 16.8 Å². The molecule has 0 bridgehead atoms. The first-order chi connectivity index (χ1) is 9.16. The first-order valence-corrected chi connectivity index (χ1v) is 7.21. The van der Waals surface area contributed by atoms with Gasteiger partial charge in [0.05, 0.1) is 10.8 Å². The fourth-order valence-corrected chi connectivity index (χ4v) is 2.72. The molecule has 0 radical (unpaired) electrons. The molecular formula is C15H13FO2S. The standard InChI is InChI=1S/C15H13FO2S/c16-13-8-6-12(7-9-13)15(17)10-11-19(18)14-4-2-1-3-5-14/h1-9H,10-11H2. The van der Waals surface area contributed by atoms with Gasteiger partial charge >= 0.3 is 0 Å². The molecule has 0 aliphatic rings. The van der Waals surface area contributed by atoms with E-state index in [4.69, 9.17) is 0 Å². The monoisotopic (exact) mass is 276 g/mol. The lowest BCUT2D eigenvalue weighted by Gasteiger charge is -2.02. The van der Waals surface area contributed by atoms with Crippen LogP contribution in [0, 0.1) is 5.82 Å². The minimum Gasteiger partial charge on any atom is -0.294 e. The molecule has 1 unspecified atom stereocenters. The van der Waals surface area contributed by atoms with Crippen molar-refractivity contribution in [2.24, 2.45) is 0 Å². The summed E-state index contributed by atoms with van der Waals surface area (Å²) in [6.45, 7) is 0. The van der Waals surface area contributed by atoms with E-state index in [1.54, 1.807) is 12.1 Å². The molecular weight excluding hydrogens is 263 g/mol. The molecule has 0 aliphatic heterocycles. The number of ketones is 1. The molecule has 2 aromatic carbocycles. The van der Waals surface area contributed by atoms with Crippen LogP contribution in [0.3, 0.4) is 0 Å². The van der Waals surface area contributed by atoms with E-state index >= 15 is 0 Å². The predicted octanol–water partition coefficient (Wildman–Crippen LogP) is 3.21. The van der Waals surface area contributed by atoms with Crippen LogP contribution in [0.15, 0.2) is 59.5 Å². The Hall–Kier alpha value is -1.81. The molecule has 4 heteroatoms. The zero-order chi connectivity index (χ0) is 13.7. The molecule has 0 fully saturated rings. The van der Waals surface area contributed by atoms with Crippen molar-refractivity contribution in [3.8, 4) is 0 Å². The van der Waals surface area contributed by atoms with E-state index in [1.165, 1.54) is 24.3 Å². The van der Waals surface area contributed by atoms with Gasteiger partial charge in [-0.15, -0.1) is 0 Å². The molecule has 19 heavy (non-hydrogen) atoms. The highest BCUT2D eigenvalue weighted by molar-refractivity contribution is 7.85. The van der Waals surface area contributed by atoms with Crippen molar-refractivity contribution in [3.05, 3.63) is 66.0 Å². The van der Waals surface area contributed by atoms with Gasteiger partial charge in [0.2, 0.25) is 0 Å². The van der Waals surface area contributed by atoms with E-state index in [9.17, 15) is 13.4 Å². The zero-order valence-corrected chi connectivity index (χ0v) is 11.0. The van der Waals surface area contributed by atoms with Gasteiger partial charge in [-0.1, -0.05) is 18.2 Å². The molecule has 0 saturated heterocycles. The number of Topliss-reactive ketones (excluding diaryl/α,β-unsaturated/α-hetero) is 1. The van der Waals surface area contributed by atoms with Crippen LogP contribution in [0.4, 0.5) is 4.39 Å². The van der Waals surface area contributed by atoms with Gasteiger partial charge in [0, 0.05) is 22.6 Å². The minimum absolute atomic E-state index is 0.121. The molecule has 0 aliphatic carbocycles. The molecule has 2 nitrogen and oxygen atoms in total. The summed E-state index contributed by atoms with van der Waals surface area (Å²) in [6.07, 6.45) is 0.188. The fraction of sp³-hybridized carbons (Fsp3) is 0.133. The molecule has 0 spiro atoms. The average Bonchev–Trinajstić information content (AvgIpc) is 2.46. The van der Waals surface area contributed by atoms with Gasteiger partial charge in [-0.05, 0) is 36.4 Å². The quantitative estimate of drug-likeness (QED) is 0.786. The van der Waals surface area contributed by atoms with Crippen LogP contribution in [-0.2, 0) is 10.8 Å². The zero-order valence-electron chi connectivity index (χ0n) is 10.2. The molecule has 1 atom stereocenters. The van der Waals surface area contributed by atoms with Crippen molar-refractivity contribution in [1.82, 2.24) is 0 Å². The van der Waals surface area contributed by atoms with Crippen molar-refractivity contribution in [3.63, 3.8) is 0 Å². The van der Waals surface area contributed by atoms with Gasteiger partial charge < -0.3 is 0 Å². The molecule has 2 aromatic rings. The Morgan fingerprint density at radius 2 is 1.63 bits per heavy atom. The normalized spacial score (nSPS) is 12.1. The van der Waals surface area contributed by atoms with Gasteiger partial charge in [0.15, 0.2) is 5.78 Å². The van der Waals surface area contributed by atoms with Crippen molar-refractivity contribution >= 4 is 16.6 Å². The van der Waals surface area contributed by atoms with Crippen LogP contribution in [0.25, 0.3) is 0 Å². The third-order valence-electron chi connectivity index (χ3n) is 2.69. The topological polar surface area (TPSA) is 34.1 Å². The first-order valence-electron chi connectivity index (χ1n) is 5.89. The predicted molar refractivity (Wildman–Crippen MR) is 73.1 cm³/mol. The SMILES string of the molecule is O=C(CCS(=O)c1ccccc1)c1ccc(F)cc1. The van der Waals surface area contributed by atoms with E-state index in [0.29, 0.717) is 5.56 Å². The molecule has 0 heterocycles. The smallest absolute Gasteiger partial charge is 0.163 e. The van der Waals surface area contributed by atoms with Crippen LogP contribution in [-0.4, -0.2) is 15.7 Å². The number of hydrogen-bond acceptors (Lipinski definition) is 2. The fourth-order valence-electron chi connectivity index (χ4n) is 1.66. The van der Waals surface area contributed by atoms with Gasteiger partial charge in [-0.3, -0.25) is 9.00 Å². The number of carbonyl (C=O) groups is 1. The minimum atomic E-state index is -1.18. The summed E-state index contributed by atoms with van der Waals surface area (Å²) in [5.74, 6) is -0.214. The van der Waals surface area contributed by atoms with Crippen molar-refractivity contribution < 1.29 is 13.4 Å². The van der Waals surface area contributed by atoms with Crippen LogP contribution < -0.4 is 0 Å².